The SMILES string of the molecule is C/C=C(\C)c1cnc(N2CCN(C)CC2)[nH]1. The highest BCUT2D eigenvalue weighted by molar-refractivity contribution is 5.61. The molecule has 0 amide bonds. The fourth-order valence-corrected chi connectivity index (χ4v) is 1.85. The van der Waals surface area contributed by atoms with Crippen LogP contribution < -0.4 is 4.90 Å². The molecule has 0 saturated carbocycles. The van der Waals surface area contributed by atoms with Crippen molar-refractivity contribution >= 4 is 11.5 Å². The van der Waals surface area contributed by atoms with E-state index in [4.69, 9.17) is 0 Å². The van der Waals surface area contributed by atoms with Gasteiger partial charge in [0.15, 0.2) is 0 Å². The molecule has 1 N–H and O–H groups in total. The van der Waals surface area contributed by atoms with Crippen LogP contribution in [0.1, 0.15) is 19.5 Å². The maximum Gasteiger partial charge on any atom is 0.203 e. The first-order chi connectivity index (χ1) is 7.70. The van der Waals surface area contributed by atoms with Gasteiger partial charge in [-0.25, -0.2) is 4.98 Å². The van der Waals surface area contributed by atoms with Crippen LogP contribution in [0, 0.1) is 0 Å². The summed E-state index contributed by atoms with van der Waals surface area (Å²) in [6, 6.07) is 0. The number of allylic oxidation sites excluding steroid dienone is 2. The molecule has 0 aromatic carbocycles. The van der Waals surface area contributed by atoms with Crippen molar-refractivity contribution in [1.29, 1.82) is 0 Å². The lowest BCUT2D eigenvalue weighted by Crippen LogP contribution is -2.44. The van der Waals surface area contributed by atoms with Crippen molar-refractivity contribution in [1.82, 2.24) is 14.9 Å². The Bertz CT molecular complexity index is 372. The molecule has 0 aliphatic carbocycles. The van der Waals surface area contributed by atoms with Gasteiger partial charge in [0.2, 0.25) is 5.95 Å². The van der Waals surface area contributed by atoms with Gasteiger partial charge in [0.25, 0.3) is 0 Å². The van der Waals surface area contributed by atoms with E-state index in [2.05, 4.69) is 39.8 Å². The Hall–Kier alpha value is -1.29. The van der Waals surface area contributed by atoms with Crippen LogP contribution >= 0.6 is 0 Å². The minimum absolute atomic E-state index is 1.00. The Labute approximate surface area is 97.0 Å². The quantitative estimate of drug-likeness (QED) is 0.822. The Morgan fingerprint density at radius 2 is 2.06 bits per heavy atom. The molecule has 2 rings (SSSR count). The lowest BCUT2D eigenvalue weighted by atomic mass is 10.2. The number of hydrogen-bond donors (Lipinski definition) is 1. The van der Waals surface area contributed by atoms with E-state index in [0.717, 1.165) is 37.8 Å². The molecule has 0 spiro atoms. The summed E-state index contributed by atoms with van der Waals surface area (Å²) in [4.78, 5) is 12.5. The standard InChI is InChI=1S/C12H20N4/c1-4-10(2)11-9-13-12(14-11)16-7-5-15(3)6-8-16/h4,9H,5-8H2,1-3H3,(H,13,14)/b10-4+. The Morgan fingerprint density at radius 1 is 1.38 bits per heavy atom. The molecule has 88 valence electrons. The van der Waals surface area contributed by atoms with Gasteiger partial charge >= 0.3 is 0 Å². The molecule has 0 unspecified atom stereocenters. The fraction of sp³-hybridized carbons (Fsp3) is 0.583. The van der Waals surface area contributed by atoms with Gasteiger partial charge in [-0.2, -0.15) is 0 Å². The minimum atomic E-state index is 1.00. The molecule has 0 atom stereocenters. The zero-order chi connectivity index (χ0) is 11.5. The molecule has 16 heavy (non-hydrogen) atoms. The molecular weight excluding hydrogens is 200 g/mol. The lowest BCUT2D eigenvalue weighted by Gasteiger charge is -2.32. The second kappa shape index (κ2) is 4.70. The van der Waals surface area contributed by atoms with Crippen LogP contribution in [0.5, 0.6) is 0 Å². The van der Waals surface area contributed by atoms with Crippen molar-refractivity contribution in [2.75, 3.05) is 38.1 Å². The first-order valence-corrected chi connectivity index (χ1v) is 5.82. The first kappa shape index (κ1) is 11.2. The van der Waals surface area contributed by atoms with Crippen LogP contribution in [0.2, 0.25) is 0 Å². The van der Waals surface area contributed by atoms with Crippen LogP contribution in [0.4, 0.5) is 5.95 Å². The van der Waals surface area contributed by atoms with Gasteiger partial charge in [-0.05, 0) is 26.5 Å². The predicted molar refractivity (Wildman–Crippen MR) is 67.6 cm³/mol. The van der Waals surface area contributed by atoms with Gasteiger partial charge in [0.05, 0.1) is 11.9 Å². The molecule has 0 bridgehead atoms. The van der Waals surface area contributed by atoms with Gasteiger partial charge < -0.3 is 14.8 Å². The topological polar surface area (TPSA) is 35.2 Å². The number of piperazine rings is 1. The van der Waals surface area contributed by atoms with Gasteiger partial charge in [0, 0.05) is 26.2 Å². The van der Waals surface area contributed by atoms with Crippen LogP contribution in [0.15, 0.2) is 12.3 Å². The molecule has 1 aromatic heterocycles. The average Bonchev–Trinajstić information content (AvgIpc) is 2.78. The number of aromatic nitrogens is 2. The Morgan fingerprint density at radius 3 is 2.69 bits per heavy atom. The summed E-state index contributed by atoms with van der Waals surface area (Å²) in [5, 5.41) is 0. The number of nitrogens with zero attached hydrogens (tertiary/aromatic N) is 3. The van der Waals surface area contributed by atoms with E-state index in [0.29, 0.717) is 0 Å². The van der Waals surface area contributed by atoms with Crippen LogP contribution in [-0.2, 0) is 0 Å². The molecular formula is C12H20N4. The molecule has 1 aromatic rings. The summed E-state index contributed by atoms with van der Waals surface area (Å²) in [7, 11) is 2.16. The third-order valence-electron chi connectivity index (χ3n) is 3.22. The van der Waals surface area contributed by atoms with Gasteiger partial charge in [0.1, 0.15) is 0 Å². The van der Waals surface area contributed by atoms with E-state index < -0.39 is 0 Å². The summed E-state index contributed by atoms with van der Waals surface area (Å²) in [5.74, 6) is 1.00. The second-order valence-corrected chi connectivity index (χ2v) is 4.38. The molecule has 0 radical (unpaired) electrons. The molecule has 1 aliphatic rings. The lowest BCUT2D eigenvalue weighted by molar-refractivity contribution is 0.311. The van der Waals surface area contributed by atoms with Crippen molar-refractivity contribution in [2.45, 2.75) is 13.8 Å². The molecule has 1 aliphatic heterocycles. The summed E-state index contributed by atoms with van der Waals surface area (Å²) in [6.07, 6.45) is 4.02. The zero-order valence-electron chi connectivity index (χ0n) is 10.3. The smallest absolute Gasteiger partial charge is 0.203 e. The summed E-state index contributed by atoms with van der Waals surface area (Å²) in [6.45, 7) is 8.47. The van der Waals surface area contributed by atoms with Gasteiger partial charge in [-0.1, -0.05) is 6.08 Å². The molecule has 1 fully saturated rings. The maximum atomic E-state index is 4.44. The molecule has 1 saturated heterocycles. The Kier molecular flexibility index (Phi) is 3.29. The van der Waals surface area contributed by atoms with Crippen LogP contribution in [0.25, 0.3) is 5.57 Å². The molecule has 4 nitrogen and oxygen atoms in total. The summed E-state index contributed by atoms with van der Waals surface area (Å²) >= 11 is 0. The van der Waals surface area contributed by atoms with E-state index in [1.54, 1.807) is 0 Å². The number of rotatable bonds is 2. The summed E-state index contributed by atoms with van der Waals surface area (Å²) in [5.41, 5.74) is 2.37. The fourth-order valence-electron chi connectivity index (χ4n) is 1.85. The largest absolute Gasteiger partial charge is 0.340 e. The van der Waals surface area contributed by atoms with Crippen molar-refractivity contribution in [3.63, 3.8) is 0 Å². The van der Waals surface area contributed by atoms with Crippen molar-refractivity contribution < 1.29 is 0 Å². The molecule has 4 heteroatoms. The van der Waals surface area contributed by atoms with E-state index in [9.17, 15) is 0 Å². The number of hydrogen-bond acceptors (Lipinski definition) is 3. The van der Waals surface area contributed by atoms with Gasteiger partial charge in [-0.15, -0.1) is 0 Å². The summed E-state index contributed by atoms with van der Waals surface area (Å²) < 4.78 is 0. The predicted octanol–water partition coefficient (Wildman–Crippen LogP) is 1.58. The van der Waals surface area contributed by atoms with Crippen molar-refractivity contribution in [2.24, 2.45) is 0 Å². The van der Waals surface area contributed by atoms with Crippen LogP contribution in [-0.4, -0.2) is 48.1 Å². The van der Waals surface area contributed by atoms with E-state index in [-0.39, 0.29) is 0 Å². The number of nitrogens with one attached hydrogen (secondary N) is 1. The third kappa shape index (κ3) is 2.27. The van der Waals surface area contributed by atoms with Crippen LogP contribution in [0.3, 0.4) is 0 Å². The number of likely N-dealkylation sites (N-methyl/N-ethyl adjacent to an activating group) is 1. The minimum Gasteiger partial charge on any atom is -0.340 e. The van der Waals surface area contributed by atoms with Gasteiger partial charge in [-0.3, -0.25) is 0 Å². The zero-order valence-corrected chi connectivity index (χ0v) is 10.3. The highest BCUT2D eigenvalue weighted by Crippen LogP contribution is 2.16. The van der Waals surface area contributed by atoms with E-state index in [1.807, 2.05) is 13.1 Å². The number of aromatic amines is 1. The third-order valence-corrected chi connectivity index (χ3v) is 3.22. The molecule has 2 heterocycles. The van der Waals surface area contributed by atoms with E-state index >= 15 is 0 Å². The van der Waals surface area contributed by atoms with Crippen molar-refractivity contribution in [3.05, 3.63) is 18.0 Å². The van der Waals surface area contributed by atoms with E-state index in [1.165, 1.54) is 5.57 Å². The highest BCUT2D eigenvalue weighted by Gasteiger charge is 2.16. The maximum absolute atomic E-state index is 4.44. The first-order valence-electron chi connectivity index (χ1n) is 5.82. The van der Waals surface area contributed by atoms with Crippen molar-refractivity contribution in [3.8, 4) is 0 Å². The highest BCUT2D eigenvalue weighted by atomic mass is 15.3. The monoisotopic (exact) mass is 220 g/mol. The number of imidazole rings is 1. The average molecular weight is 220 g/mol. The Balaban J connectivity index is 2.07. The number of H-pyrrole nitrogens is 1. The second-order valence-electron chi connectivity index (χ2n) is 4.38. The normalized spacial score (nSPS) is 19.2. The number of anilines is 1.